The molecule has 2 aromatic heterocycles. The summed E-state index contributed by atoms with van der Waals surface area (Å²) in [6.45, 7) is 0. The number of carbonyl (C=O) groups excluding carboxylic acids is 1. The van der Waals surface area contributed by atoms with Crippen LogP contribution in [0.25, 0.3) is 0 Å². The molecule has 1 fully saturated rings. The topological polar surface area (TPSA) is 107 Å². The predicted molar refractivity (Wildman–Crippen MR) is 146 cm³/mol. The third kappa shape index (κ3) is 5.71. The van der Waals surface area contributed by atoms with Gasteiger partial charge in [-0.1, -0.05) is 29.5 Å². The number of benzene rings is 2. The zero-order valence-corrected chi connectivity index (χ0v) is 24.2. The van der Waals surface area contributed by atoms with Gasteiger partial charge in [-0.3, -0.25) is 9.78 Å². The quantitative estimate of drug-likeness (QED) is 0.170. The zero-order valence-electron chi connectivity index (χ0n) is 23.4. The van der Waals surface area contributed by atoms with Crippen molar-refractivity contribution in [1.29, 1.82) is 0 Å². The number of carbonyl (C=O) groups is 1. The van der Waals surface area contributed by atoms with Gasteiger partial charge in [-0.15, -0.1) is 5.10 Å². The predicted octanol–water partition coefficient (Wildman–Crippen LogP) is 6.84. The Balaban J connectivity index is 1.47. The van der Waals surface area contributed by atoms with Crippen molar-refractivity contribution < 1.29 is 48.3 Å². The summed E-state index contributed by atoms with van der Waals surface area (Å²) in [5.41, 5.74) is -7.30. The van der Waals surface area contributed by atoms with Crippen LogP contribution >= 0.6 is 0 Å². The molecule has 0 radical (unpaired) electrons. The van der Waals surface area contributed by atoms with Crippen LogP contribution < -0.4 is 5.32 Å². The second kappa shape index (κ2) is 11.7. The van der Waals surface area contributed by atoms with E-state index in [1.165, 1.54) is 23.3 Å². The third-order valence-corrected chi connectivity index (χ3v) is 10.6. The number of alkyl halides is 7. The van der Waals surface area contributed by atoms with Crippen molar-refractivity contribution in [3.63, 3.8) is 0 Å². The number of halogens is 8. The number of anilines is 1. The lowest BCUT2D eigenvalue weighted by atomic mass is 9.80. The van der Waals surface area contributed by atoms with Crippen molar-refractivity contribution in [3.8, 4) is 0 Å². The molecule has 17 heteroatoms. The van der Waals surface area contributed by atoms with E-state index in [1.807, 2.05) is 0 Å². The van der Waals surface area contributed by atoms with E-state index in [4.69, 9.17) is 0 Å². The largest absolute Gasteiger partial charge is 0.435 e. The van der Waals surface area contributed by atoms with Crippen LogP contribution in [0.2, 0.25) is 0 Å². The van der Waals surface area contributed by atoms with Gasteiger partial charge in [0.15, 0.2) is 15.5 Å². The van der Waals surface area contributed by atoms with Gasteiger partial charge in [0.25, 0.3) is 5.91 Å². The summed E-state index contributed by atoms with van der Waals surface area (Å²) in [7, 11) is -4.47. The Kier molecular flexibility index (Phi) is 8.42. The minimum Gasteiger partial charge on any atom is -0.319 e. The molecule has 8 nitrogen and oxygen atoms in total. The number of nitrogens with one attached hydrogen (secondary N) is 1. The molecule has 1 N–H and O–H groups in total. The Bertz CT molecular complexity index is 1790. The van der Waals surface area contributed by atoms with Crippen LogP contribution in [0, 0.1) is 5.82 Å². The summed E-state index contributed by atoms with van der Waals surface area (Å²) in [5.74, 6) is -1.33. The summed E-state index contributed by atoms with van der Waals surface area (Å²) >= 11 is 0. The van der Waals surface area contributed by atoms with Crippen LogP contribution in [0.5, 0.6) is 0 Å². The number of hydrogen-bond donors (Lipinski definition) is 1. The highest BCUT2D eigenvalue weighted by atomic mass is 32.2. The molecule has 1 aliphatic rings. The summed E-state index contributed by atoms with van der Waals surface area (Å²) in [6, 6.07) is 8.51. The first-order valence-corrected chi connectivity index (χ1v) is 15.0. The molecule has 244 valence electrons. The van der Waals surface area contributed by atoms with E-state index in [1.54, 1.807) is 12.1 Å². The molecule has 0 saturated heterocycles. The normalized spacial score (nSPS) is 19.5. The molecule has 46 heavy (non-hydrogen) atoms. The number of pyridine rings is 1. The molecular weight excluding hydrogens is 650 g/mol. The third-order valence-electron chi connectivity index (χ3n) is 8.03. The molecule has 2 heterocycles. The first-order chi connectivity index (χ1) is 21.5. The first kappa shape index (κ1) is 33.0. The van der Waals surface area contributed by atoms with E-state index in [2.05, 4.69) is 20.6 Å². The van der Waals surface area contributed by atoms with E-state index in [0.717, 1.165) is 36.4 Å². The van der Waals surface area contributed by atoms with Gasteiger partial charge in [0, 0.05) is 11.8 Å². The number of rotatable bonds is 7. The Morgan fingerprint density at radius 1 is 0.891 bits per heavy atom. The van der Waals surface area contributed by atoms with Gasteiger partial charge in [0.1, 0.15) is 10.6 Å². The van der Waals surface area contributed by atoms with Gasteiger partial charge in [0.2, 0.25) is 0 Å². The van der Waals surface area contributed by atoms with Crippen LogP contribution in [-0.2, 0) is 20.3 Å². The fraction of sp³-hybridized carbons (Fsp3) is 0.310. The fourth-order valence-corrected chi connectivity index (χ4v) is 7.73. The van der Waals surface area contributed by atoms with E-state index in [-0.39, 0.29) is 54.0 Å². The van der Waals surface area contributed by atoms with Crippen LogP contribution in [0.15, 0.2) is 84.1 Å². The summed E-state index contributed by atoms with van der Waals surface area (Å²) in [4.78, 5) is 16.2. The van der Waals surface area contributed by atoms with Gasteiger partial charge < -0.3 is 5.32 Å². The monoisotopic (exact) mass is 673 g/mol. The highest BCUT2D eigenvalue weighted by molar-refractivity contribution is 7.92. The van der Waals surface area contributed by atoms with Crippen LogP contribution in [0.3, 0.4) is 0 Å². The van der Waals surface area contributed by atoms with Crippen LogP contribution in [0.1, 0.15) is 53.3 Å². The van der Waals surface area contributed by atoms with E-state index in [0.29, 0.717) is 5.69 Å². The molecule has 4 aromatic rings. The zero-order chi connectivity index (χ0) is 33.5. The number of amides is 1. The number of aromatic nitrogens is 4. The number of nitrogens with zero attached hydrogens (tertiary/aromatic N) is 4. The maximum atomic E-state index is 14.7. The SMILES string of the molecule is O=C(Nc1cccnc1)c1cn([C@H]2CC[C@@](c3ccc(C(F)(C(F)(F)F)C(F)(F)F)cc3)(S(=O)(=O)c3ccc(F)cc3)CC2)nn1. The Hall–Kier alpha value is -4.41. The molecule has 1 aliphatic carbocycles. The van der Waals surface area contributed by atoms with Crippen molar-refractivity contribution in [2.75, 3.05) is 5.32 Å². The Labute approximate surface area is 256 Å². The lowest BCUT2D eigenvalue weighted by Gasteiger charge is -2.40. The molecule has 1 saturated carbocycles. The van der Waals surface area contributed by atoms with Crippen molar-refractivity contribution in [3.05, 3.63) is 102 Å². The van der Waals surface area contributed by atoms with Gasteiger partial charge >= 0.3 is 18.0 Å². The van der Waals surface area contributed by atoms with Crippen molar-refractivity contribution in [1.82, 2.24) is 20.0 Å². The van der Waals surface area contributed by atoms with Gasteiger partial charge in [-0.2, -0.15) is 26.3 Å². The van der Waals surface area contributed by atoms with E-state index >= 15 is 0 Å². The Morgan fingerprint density at radius 2 is 1.50 bits per heavy atom. The molecule has 2 aromatic carbocycles. The molecule has 5 rings (SSSR count). The smallest absolute Gasteiger partial charge is 0.319 e. The molecule has 0 spiro atoms. The maximum Gasteiger partial charge on any atom is 0.435 e. The lowest BCUT2D eigenvalue weighted by molar-refractivity contribution is -0.348. The first-order valence-electron chi connectivity index (χ1n) is 13.6. The van der Waals surface area contributed by atoms with Crippen LogP contribution in [0.4, 0.5) is 40.8 Å². The standard InChI is InChI=1S/C29H23F8N5O3S/c30-20-7-9-23(10-8-20)46(44,45)26(18-3-5-19(6-4-18)27(31,28(32,33)34)29(35,36)37)13-11-22(12-14-26)42-17-24(40-41-42)25(43)39-21-2-1-15-38-16-21/h1-10,15-17,22H,11-14H2,(H,39,43)/t22-,26+. The second-order valence-electron chi connectivity index (χ2n) is 10.7. The van der Waals surface area contributed by atoms with Crippen molar-refractivity contribution >= 4 is 21.4 Å². The molecule has 0 aliphatic heterocycles. The van der Waals surface area contributed by atoms with Gasteiger partial charge in [-0.05, 0) is 67.6 Å². The highest BCUT2D eigenvalue weighted by Crippen LogP contribution is 2.54. The second-order valence-corrected chi connectivity index (χ2v) is 13.0. The minimum absolute atomic E-state index is 0.0563. The highest BCUT2D eigenvalue weighted by Gasteiger charge is 2.73. The van der Waals surface area contributed by atoms with Crippen molar-refractivity contribution in [2.24, 2.45) is 0 Å². The van der Waals surface area contributed by atoms with Gasteiger partial charge in [0.05, 0.1) is 29.0 Å². The summed E-state index contributed by atoms with van der Waals surface area (Å²) in [6.07, 6.45) is -8.74. The van der Waals surface area contributed by atoms with E-state index in [9.17, 15) is 48.3 Å². The summed E-state index contributed by atoms with van der Waals surface area (Å²) < 4.78 is 136. The molecule has 1 amide bonds. The molecule has 0 atom stereocenters. The molecular formula is C29H23F8N5O3S. The van der Waals surface area contributed by atoms with Gasteiger partial charge in [-0.25, -0.2) is 21.9 Å². The average Bonchev–Trinajstić information content (AvgIpc) is 3.51. The fourth-order valence-electron chi connectivity index (χ4n) is 5.57. The maximum absolute atomic E-state index is 14.7. The molecule has 0 bridgehead atoms. The summed E-state index contributed by atoms with van der Waals surface area (Å²) in [5, 5.41) is 10.4. The number of sulfone groups is 1. The number of hydrogen-bond acceptors (Lipinski definition) is 6. The van der Waals surface area contributed by atoms with Crippen molar-refractivity contribution in [2.45, 2.75) is 59.4 Å². The Morgan fingerprint density at radius 3 is 2.04 bits per heavy atom. The van der Waals surface area contributed by atoms with E-state index < -0.39 is 55.9 Å². The minimum atomic E-state index is -6.35. The lowest BCUT2D eigenvalue weighted by Crippen LogP contribution is -2.50. The molecule has 0 unspecified atom stereocenters. The average molecular weight is 674 g/mol. The van der Waals surface area contributed by atoms with Crippen LogP contribution in [-0.4, -0.2) is 46.7 Å².